The molecule has 0 saturated heterocycles. The summed E-state index contributed by atoms with van der Waals surface area (Å²) in [5, 5.41) is 7.14. The van der Waals surface area contributed by atoms with Crippen LogP contribution in [0, 0.1) is 0 Å². The zero-order valence-corrected chi connectivity index (χ0v) is 11.5. The van der Waals surface area contributed by atoms with Gasteiger partial charge in [-0.25, -0.2) is 0 Å². The minimum absolute atomic E-state index is 0.0107. The average molecular weight is 262 g/mol. The second-order valence-corrected chi connectivity index (χ2v) is 5.76. The molecule has 0 aromatic carbocycles. The number of hydrogen-bond acceptors (Lipinski definition) is 3. The number of amides is 1. The Balaban J connectivity index is 1.77. The van der Waals surface area contributed by atoms with Crippen molar-refractivity contribution in [1.82, 2.24) is 15.1 Å². The Hall–Kier alpha value is -1.52. The molecule has 5 nitrogen and oxygen atoms in total. The molecule has 19 heavy (non-hydrogen) atoms. The lowest BCUT2D eigenvalue weighted by Gasteiger charge is -2.21. The topological polar surface area (TPSA) is 75.0 Å². The van der Waals surface area contributed by atoms with E-state index in [1.54, 1.807) is 0 Å². The van der Waals surface area contributed by atoms with Gasteiger partial charge in [0, 0.05) is 18.5 Å². The van der Waals surface area contributed by atoms with Crippen molar-refractivity contribution in [3.63, 3.8) is 0 Å². The minimum atomic E-state index is 0.0107. The van der Waals surface area contributed by atoms with Crippen LogP contribution in [0.25, 0.3) is 0 Å². The number of anilines is 1. The van der Waals surface area contributed by atoms with Crippen molar-refractivity contribution in [3.8, 4) is 0 Å². The fraction of sp³-hybridized carbons (Fsp3) is 0.714. The fourth-order valence-corrected chi connectivity index (χ4v) is 2.51. The van der Waals surface area contributed by atoms with E-state index in [2.05, 4.69) is 17.1 Å². The van der Waals surface area contributed by atoms with Gasteiger partial charge in [-0.3, -0.25) is 9.89 Å². The highest BCUT2D eigenvalue weighted by Gasteiger charge is 2.36. The van der Waals surface area contributed by atoms with Crippen molar-refractivity contribution in [3.05, 3.63) is 11.4 Å². The highest BCUT2D eigenvalue weighted by atomic mass is 16.2. The predicted molar refractivity (Wildman–Crippen MR) is 73.9 cm³/mol. The standard InChI is InChI=1S/C14H22N4O/c1-2-3-8-18(10-6-7-10)14(19)13-11(15)12(16-17-13)9-4-5-9/h9-10H,2-8,15H2,1H3,(H,16,17). The Morgan fingerprint density at radius 2 is 2.16 bits per heavy atom. The van der Waals surface area contributed by atoms with Crippen molar-refractivity contribution < 1.29 is 4.79 Å². The number of carbonyl (C=O) groups is 1. The van der Waals surface area contributed by atoms with Gasteiger partial charge >= 0.3 is 0 Å². The van der Waals surface area contributed by atoms with Crippen LogP contribution in [0.4, 0.5) is 5.69 Å². The van der Waals surface area contributed by atoms with E-state index < -0.39 is 0 Å². The van der Waals surface area contributed by atoms with Gasteiger partial charge in [-0.05, 0) is 32.1 Å². The molecule has 104 valence electrons. The van der Waals surface area contributed by atoms with E-state index in [-0.39, 0.29) is 5.91 Å². The van der Waals surface area contributed by atoms with Gasteiger partial charge in [0.25, 0.3) is 5.91 Å². The van der Waals surface area contributed by atoms with Gasteiger partial charge in [-0.1, -0.05) is 13.3 Å². The number of nitrogens with zero attached hydrogens (tertiary/aromatic N) is 2. The summed E-state index contributed by atoms with van der Waals surface area (Å²) in [6, 6.07) is 0.416. The van der Waals surface area contributed by atoms with E-state index >= 15 is 0 Å². The number of nitrogens with one attached hydrogen (secondary N) is 1. The van der Waals surface area contributed by atoms with E-state index in [0.29, 0.717) is 23.3 Å². The van der Waals surface area contributed by atoms with Gasteiger partial charge in [-0.2, -0.15) is 5.10 Å². The lowest BCUT2D eigenvalue weighted by Crippen LogP contribution is -2.34. The van der Waals surface area contributed by atoms with Gasteiger partial charge in [-0.15, -0.1) is 0 Å². The molecular formula is C14H22N4O. The molecule has 1 aromatic heterocycles. The normalized spacial score (nSPS) is 18.6. The third-order valence-corrected chi connectivity index (χ3v) is 4.02. The Kier molecular flexibility index (Phi) is 3.21. The molecule has 0 radical (unpaired) electrons. The number of rotatable bonds is 6. The number of aromatic nitrogens is 2. The molecule has 0 bridgehead atoms. The third-order valence-electron chi connectivity index (χ3n) is 4.02. The van der Waals surface area contributed by atoms with Gasteiger partial charge < -0.3 is 10.6 Å². The zero-order chi connectivity index (χ0) is 13.4. The Morgan fingerprint density at radius 1 is 1.42 bits per heavy atom. The van der Waals surface area contributed by atoms with Crippen molar-refractivity contribution in [2.75, 3.05) is 12.3 Å². The number of unbranched alkanes of at least 4 members (excludes halogenated alkanes) is 1. The summed E-state index contributed by atoms with van der Waals surface area (Å²) in [5.41, 5.74) is 8.07. The maximum Gasteiger partial charge on any atom is 0.276 e. The molecule has 0 spiro atoms. The summed E-state index contributed by atoms with van der Waals surface area (Å²) < 4.78 is 0. The van der Waals surface area contributed by atoms with Crippen LogP contribution < -0.4 is 5.73 Å². The first-order valence-electron chi connectivity index (χ1n) is 7.37. The number of carbonyl (C=O) groups excluding carboxylic acids is 1. The lowest BCUT2D eigenvalue weighted by molar-refractivity contribution is 0.0736. The molecule has 2 aliphatic rings. The number of aromatic amines is 1. The van der Waals surface area contributed by atoms with Gasteiger partial charge in [0.2, 0.25) is 0 Å². The first-order chi connectivity index (χ1) is 9.22. The van der Waals surface area contributed by atoms with E-state index in [1.165, 1.54) is 0 Å². The van der Waals surface area contributed by atoms with Gasteiger partial charge in [0.1, 0.15) is 0 Å². The first kappa shape index (κ1) is 12.5. The van der Waals surface area contributed by atoms with Crippen LogP contribution in [0.5, 0.6) is 0 Å². The molecule has 0 unspecified atom stereocenters. The van der Waals surface area contributed by atoms with Gasteiger partial charge in [0.05, 0.1) is 11.4 Å². The molecule has 0 aliphatic heterocycles. The Bertz CT molecular complexity index is 474. The van der Waals surface area contributed by atoms with E-state index in [4.69, 9.17) is 5.73 Å². The van der Waals surface area contributed by atoms with Crippen LogP contribution in [0.3, 0.4) is 0 Å². The van der Waals surface area contributed by atoms with E-state index in [9.17, 15) is 4.79 Å². The molecule has 1 amide bonds. The van der Waals surface area contributed by atoms with Crippen LogP contribution in [0.15, 0.2) is 0 Å². The minimum Gasteiger partial charge on any atom is -0.395 e. The predicted octanol–water partition coefficient (Wildman–Crippen LogP) is 2.27. The van der Waals surface area contributed by atoms with Crippen molar-refractivity contribution >= 4 is 11.6 Å². The summed E-state index contributed by atoms with van der Waals surface area (Å²) in [6.07, 6.45) is 6.69. The fourth-order valence-electron chi connectivity index (χ4n) is 2.51. The van der Waals surface area contributed by atoms with E-state index in [0.717, 1.165) is 50.8 Å². The summed E-state index contributed by atoms with van der Waals surface area (Å²) in [5.74, 6) is 0.510. The first-order valence-corrected chi connectivity index (χ1v) is 7.37. The van der Waals surface area contributed by atoms with Crippen molar-refractivity contribution in [1.29, 1.82) is 0 Å². The highest BCUT2D eigenvalue weighted by molar-refractivity contribution is 5.98. The molecule has 5 heteroatoms. The molecule has 1 aromatic rings. The number of H-pyrrole nitrogens is 1. The second-order valence-electron chi connectivity index (χ2n) is 5.76. The number of hydrogen-bond donors (Lipinski definition) is 2. The van der Waals surface area contributed by atoms with E-state index in [1.807, 2.05) is 4.90 Å². The third kappa shape index (κ3) is 2.46. The van der Waals surface area contributed by atoms with Crippen LogP contribution >= 0.6 is 0 Å². The molecular weight excluding hydrogens is 240 g/mol. The largest absolute Gasteiger partial charge is 0.395 e. The van der Waals surface area contributed by atoms with Crippen molar-refractivity contribution in [2.24, 2.45) is 0 Å². The zero-order valence-electron chi connectivity index (χ0n) is 11.5. The smallest absolute Gasteiger partial charge is 0.276 e. The lowest BCUT2D eigenvalue weighted by atomic mass is 10.2. The molecule has 3 rings (SSSR count). The molecule has 2 fully saturated rings. The highest BCUT2D eigenvalue weighted by Crippen LogP contribution is 2.42. The summed E-state index contributed by atoms with van der Waals surface area (Å²) in [7, 11) is 0. The Labute approximate surface area is 113 Å². The molecule has 1 heterocycles. The molecule has 2 aliphatic carbocycles. The van der Waals surface area contributed by atoms with Crippen molar-refractivity contribution in [2.45, 2.75) is 57.4 Å². The molecule has 2 saturated carbocycles. The number of nitrogens with two attached hydrogens (primary N) is 1. The molecule has 0 atom stereocenters. The monoisotopic (exact) mass is 262 g/mol. The second kappa shape index (κ2) is 4.87. The molecule has 3 N–H and O–H groups in total. The summed E-state index contributed by atoms with van der Waals surface area (Å²) in [6.45, 7) is 2.97. The van der Waals surface area contributed by atoms with Crippen LogP contribution in [0.1, 0.15) is 67.5 Å². The number of nitrogen functional groups attached to an aromatic ring is 1. The van der Waals surface area contributed by atoms with Crippen LogP contribution in [0.2, 0.25) is 0 Å². The average Bonchev–Trinajstić information content (AvgIpc) is 3.29. The van der Waals surface area contributed by atoms with Gasteiger partial charge in [0.15, 0.2) is 5.69 Å². The SMILES string of the molecule is CCCCN(C(=O)c1n[nH]c(C2CC2)c1N)C1CC1. The maximum absolute atomic E-state index is 12.6. The summed E-state index contributed by atoms with van der Waals surface area (Å²) in [4.78, 5) is 14.5. The quantitative estimate of drug-likeness (QED) is 0.825. The van der Waals surface area contributed by atoms with Crippen LogP contribution in [-0.2, 0) is 0 Å². The Morgan fingerprint density at radius 3 is 2.74 bits per heavy atom. The summed E-state index contributed by atoms with van der Waals surface area (Å²) >= 11 is 0. The maximum atomic E-state index is 12.6. The van der Waals surface area contributed by atoms with Crippen LogP contribution in [-0.4, -0.2) is 33.6 Å².